The molecule has 3 aromatic carbocycles. The van der Waals surface area contributed by atoms with Gasteiger partial charge in [-0.3, -0.25) is 0 Å². The van der Waals surface area contributed by atoms with Gasteiger partial charge in [-0.15, -0.1) is 0 Å². The molecule has 6 fully saturated rings. The highest BCUT2D eigenvalue weighted by molar-refractivity contribution is 5.71. The van der Waals surface area contributed by atoms with Crippen LogP contribution in [0.3, 0.4) is 0 Å². The normalized spacial score (nSPS) is 26.0. The molecule has 0 aromatic heterocycles. The van der Waals surface area contributed by atoms with Crippen LogP contribution in [0.15, 0.2) is 66.7 Å². The molecule has 2 amide bonds. The van der Waals surface area contributed by atoms with Crippen molar-refractivity contribution in [1.82, 2.24) is 19.6 Å². The zero-order chi connectivity index (χ0) is 63.5. The maximum Gasteiger partial charge on any atom is 0.410 e. The number of carboxylic acid groups (broad SMARTS) is 1. The van der Waals surface area contributed by atoms with Crippen LogP contribution in [0, 0.1) is 35.5 Å². The van der Waals surface area contributed by atoms with Crippen molar-refractivity contribution in [1.29, 1.82) is 0 Å². The van der Waals surface area contributed by atoms with Crippen LogP contribution in [0.25, 0.3) is 0 Å². The number of carboxylic acids is 1. The van der Waals surface area contributed by atoms with E-state index in [1.807, 2.05) is 64.4 Å². The molecule has 10 atom stereocenters. The molecule has 16 nitrogen and oxygen atoms in total. The number of aliphatic hydroxyl groups excluding tert-OH is 2. The average molecular weight is 1260 g/mol. The molecule has 11 rings (SSSR count). The third kappa shape index (κ3) is 19.1. The summed E-state index contributed by atoms with van der Waals surface area (Å²) in [7, 11) is 0. The average Bonchev–Trinajstić information content (AvgIpc) is 1.79. The molecule has 502 valence electrons. The summed E-state index contributed by atoms with van der Waals surface area (Å²) < 4.78 is 29.5. The van der Waals surface area contributed by atoms with Gasteiger partial charge >= 0.3 is 24.1 Å². The van der Waals surface area contributed by atoms with Gasteiger partial charge in [-0.1, -0.05) is 107 Å². The van der Waals surface area contributed by atoms with Crippen molar-refractivity contribution in [2.75, 3.05) is 65.6 Å². The van der Waals surface area contributed by atoms with Gasteiger partial charge in [0.2, 0.25) is 0 Å². The minimum Gasteiger partial charge on any atom is -0.482 e. The number of esters is 1. The van der Waals surface area contributed by atoms with Crippen LogP contribution in [0.1, 0.15) is 196 Å². The first-order valence-electron chi connectivity index (χ1n) is 36.0. The molecule has 16 heteroatoms. The van der Waals surface area contributed by atoms with Crippen molar-refractivity contribution in [3.8, 4) is 11.5 Å². The summed E-state index contributed by atoms with van der Waals surface area (Å²) >= 11 is 0. The van der Waals surface area contributed by atoms with Crippen molar-refractivity contribution >= 4 is 24.1 Å². The first-order valence-corrected chi connectivity index (χ1v) is 36.0. The fraction of sp³-hybridized carbons (Fsp3) is 0.707. The quantitative estimate of drug-likeness (QED) is 0.0391. The first kappa shape index (κ1) is 68.4. The second kappa shape index (κ2) is 34.7. The predicted octanol–water partition coefficient (Wildman–Crippen LogP) is 13.0. The summed E-state index contributed by atoms with van der Waals surface area (Å²) in [5, 5.41) is 31.6. The predicted molar refractivity (Wildman–Crippen MR) is 352 cm³/mol. The summed E-state index contributed by atoms with van der Waals surface area (Å²) in [4.78, 5) is 59.3. The van der Waals surface area contributed by atoms with E-state index < -0.39 is 5.97 Å². The molecule has 0 radical (unpaired) electrons. The number of carbonyl (C=O) groups is 4. The third-order valence-electron chi connectivity index (χ3n) is 22.3. The molecule has 91 heavy (non-hydrogen) atoms. The molecule has 4 aliphatic carbocycles. The Morgan fingerprint density at radius 2 is 0.967 bits per heavy atom. The van der Waals surface area contributed by atoms with Crippen molar-refractivity contribution in [2.24, 2.45) is 35.5 Å². The SMILES string of the molecule is CCCCC[C@@H](CC[C@@H]1[C@H]2Cc3cccc(OCC(=O)O)c3C[C@H]2C[C@H]1O)OC(=O)N1CCC(N2CCCCC2)CC1.CCCCC[C@@H](CC[C@@H]1[C@H]2Cc3cccc(OCC(=O)OCc4ccccc4)c3C[C@H]2C[C@H]1O)OC(=O)N1CCC(N2CCCCC2)CC1. The molecule has 2 saturated carbocycles. The number of hydrogen-bond donors (Lipinski definition) is 3. The van der Waals surface area contributed by atoms with Gasteiger partial charge in [0.05, 0.1) is 12.2 Å². The molecule has 0 unspecified atom stereocenters. The van der Waals surface area contributed by atoms with Gasteiger partial charge in [0, 0.05) is 38.3 Å². The Labute approximate surface area is 543 Å². The fourth-order valence-electron chi connectivity index (χ4n) is 17.3. The molecule has 4 heterocycles. The zero-order valence-corrected chi connectivity index (χ0v) is 55.2. The molecule has 8 aliphatic rings. The molecule has 4 saturated heterocycles. The van der Waals surface area contributed by atoms with Crippen LogP contribution >= 0.6 is 0 Å². The van der Waals surface area contributed by atoms with E-state index in [9.17, 15) is 29.4 Å². The van der Waals surface area contributed by atoms with E-state index in [2.05, 4.69) is 35.8 Å². The van der Waals surface area contributed by atoms with Gasteiger partial charge in [-0.2, -0.15) is 0 Å². The topological polar surface area (TPSA) is 188 Å². The van der Waals surface area contributed by atoms with E-state index in [0.29, 0.717) is 41.5 Å². The number of aliphatic carboxylic acids is 1. The second-order valence-electron chi connectivity index (χ2n) is 28.3. The highest BCUT2D eigenvalue weighted by atomic mass is 16.6. The van der Waals surface area contributed by atoms with Gasteiger partial charge in [0.15, 0.2) is 13.2 Å². The Morgan fingerprint density at radius 1 is 0.516 bits per heavy atom. The highest BCUT2D eigenvalue weighted by Gasteiger charge is 2.47. The number of likely N-dealkylation sites (tertiary alicyclic amines) is 4. The van der Waals surface area contributed by atoms with Crippen molar-refractivity contribution < 1.29 is 58.2 Å². The third-order valence-corrected chi connectivity index (χ3v) is 22.3. The lowest BCUT2D eigenvalue weighted by molar-refractivity contribution is -0.147. The Kier molecular flexibility index (Phi) is 26.1. The lowest BCUT2D eigenvalue weighted by Gasteiger charge is -2.40. The maximum absolute atomic E-state index is 13.4. The monoisotopic (exact) mass is 1260 g/mol. The standard InChI is InChI=1S/C41H58N2O6.C34H52N2O6/c1-2-3-6-15-34(49-41(46)43-23-19-33(20-24-43)42-21-9-5-10-22-42)17-18-35-36-25-31-14-11-16-39(37(31)26-32(36)27-38(35)44)47-29-40(45)48-28-30-12-7-4-8-13-30;1-2-3-5-10-27(42-34(40)36-18-14-26(15-19-36)35-16-6-4-7-17-35)12-13-28-29-20-24-9-8-11-32(41-23-33(38)39)30(24)21-25(29)22-31(28)37/h4,7-8,11-14,16,32-36,38,44H,2-3,5-6,9-10,15,17-29H2,1H3;8-9,11,25-29,31,37H,2-7,10,12-23H2,1H3,(H,38,39)/t32-,34-,35+,36-,38+;25-,27-,28+,29-,31+/m00/s1. The first-order chi connectivity index (χ1) is 44.4. The van der Waals surface area contributed by atoms with Gasteiger partial charge in [0.25, 0.3) is 0 Å². The number of carbonyl (C=O) groups excluding carboxylic acids is 3. The van der Waals surface area contributed by atoms with E-state index in [0.717, 1.165) is 190 Å². The molecule has 3 aromatic rings. The van der Waals surface area contributed by atoms with Gasteiger partial charge < -0.3 is 58.6 Å². The maximum atomic E-state index is 13.4. The fourth-order valence-corrected chi connectivity index (χ4v) is 17.3. The molecular weight excluding hydrogens is 1150 g/mol. The Balaban J connectivity index is 0.000000202. The largest absolute Gasteiger partial charge is 0.482 e. The van der Waals surface area contributed by atoms with E-state index >= 15 is 0 Å². The Hall–Kier alpha value is -5.42. The van der Waals surface area contributed by atoms with E-state index in [-0.39, 0.29) is 74.2 Å². The number of amides is 2. The number of nitrogens with zero attached hydrogens (tertiary/aromatic N) is 4. The highest BCUT2D eigenvalue weighted by Crippen LogP contribution is 2.50. The number of unbranched alkanes of at least 4 members (excludes halogenated alkanes) is 4. The summed E-state index contributed by atoms with van der Waals surface area (Å²) in [6, 6.07) is 22.9. The number of aliphatic hydroxyl groups is 2. The second-order valence-corrected chi connectivity index (χ2v) is 28.3. The summed E-state index contributed by atoms with van der Waals surface area (Å²) in [5.74, 6) is 1.89. The number of benzene rings is 3. The summed E-state index contributed by atoms with van der Waals surface area (Å²) in [6.07, 6.45) is 27.5. The smallest absolute Gasteiger partial charge is 0.410 e. The lowest BCUT2D eigenvalue weighted by atomic mass is 9.73. The van der Waals surface area contributed by atoms with E-state index in [1.54, 1.807) is 0 Å². The lowest BCUT2D eigenvalue weighted by Crippen LogP contribution is -2.48. The van der Waals surface area contributed by atoms with Crippen LogP contribution in [0.5, 0.6) is 11.5 Å². The van der Waals surface area contributed by atoms with Crippen LogP contribution in [-0.2, 0) is 56.1 Å². The minimum atomic E-state index is -0.978. The van der Waals surface area contributed by atoms with Crippen molar-refractivity contribution in [3.05, 3.63) is 94.5 Å². The van der Waals surface area contributed by atoms with Crippen LogP contribution in [0.2, 0.25) is 0 Å². The van der Waals surface area contributed by atoms with Crippen LogP contribution < -0.4 is 9.47 Å². The van der Waals surface area contributed by atoms with Crippen LogP contribution in [-0.4, -0.2) is 161 Å². The number of piperidine rings is 4. The van der Waals surface area contributed by atoms with Gasteiger partial charge in [-0.25, -0.2) is 19.2 Å². The molecule has 0 bridgehead atoms. The number of hydrogen-bond acceptors (Lipinski definition) is 13. The zero-order valence-electron chi connectivity index (χ0n) is 55.2. The van der Waals surface area contributed by atoms with Gasteiger partial charge in [-0.05, 0) is 243 Å². The molecule has 3 N–H and O–H groups in total. The molecule has 0 spiro atoms. The number of fused-ring (bicyclic) bond motifs is 4. The van der Waals surface area contributed by atoms with Gasteiger partial charge in [0.1, 0.15) is 30.3 Å². The Bertz CT molecular complexity index is 2740. The molecule has 4 aliphatic heterocycles. The molecular formula is C75H110N4O12. The summed E-state index contributed by atoms with van der Waals surface area (Å²) in [5.41, 5.74) is 5.65. The summed E-state index contributed by atoms with van der Waals surface area (Å²) in [6.45, 7) is 12.1. The number of ether oxygens (including phenoxy) is 5. The number of rotatable bonds is 26. The minimum absolute atomic E-state index is 0.109. The van der Waals surface area contributed by atoms with E-state index in [1.165, 1.54) is 75.8 Å². The Morgan fingerprint density at radius 3 is 1.41 bits per heavy atom. The van der Waals surface area contributed by atoms with Crippen molar-refractivity contribution in [2.45, 2.75) is 237 Å². The van der Waals surface area contributed by atoms with Crippen molar-refractivity contribution in [3.63, 3.8) is 0 Å². The van der Waals surface area contributed by atoms with E-state index in [4.69, 9.17) is 28.8 Å². The van der Waals surface area contributed by atoms with Crippen LogP contribution in [0.4, 0.5) is 9.59 Å².